The third-order valence-corrected chi connectivity index (χ3v) is 6.59. The summed E-state index contributed by atoms with van der Waals surface area (Å²) in [5.41, 5.74) is 3.24. The Morgan fingerprint density at radius 3 is 2.54 bits per heavy atom. The number of benzene rings is 2. The normalized spacial score (nSPS) is 17.8. The Hall–Kier alpha value is -4.60. The lowest BCUT2D eigenvalue weighted by molar-refractivity contribution is -0.127. The maximum atomic E-state index is 13.4. The van der Waals surface area contributed by atoms with Crippen LogP contribution in [0.25, 0.3) is 11.8 Å². The monoisotopic (exact) mass is 496 g/mol. The highest BCUT2D eigenvalue weighted by Gasteiger charge is 2.39. The van der Waals surface area contributed by atoms with Gasteiger partial charge in [0.25, 0.3) is 5.91 Å². The van der Waals surface area contributed by atoms with Gasteiger partial charge in [-0.15, -0.1) is 5.10 Å². The van der Waals surface area contributed by atoms with Gasteiger partial charge in [-0.25, -0.2) is 0 Å². The standard InChI is InChI=1S/C27H28N8O2/c1-19-30-31-32-35(19)24(13-20-9-5-3-6-10-20)27(37)28-15-22-14-25(36)33(2)26(22)23-16-29-34(18-23)17-21-11-7-4-8-12-21/h3-13,16,18,22,26H,14-15,17H2,1-2H3,(H,28,37)/b24-13-/t22-,26+/m1/s1. The largest absolute Gasteiger partial charge is 0.350 e. The van der Waals surface area contributed by atoms with Crippen LogP contribution < -0.4 is 5.32 Å². The highest BCUT2D eigenvalue weighted by atomic mass is 16.2. The smallest absolute Gasteiger partial charge is 0.270 e. The van der Waals surface area contributed by atoms with Crippen molar-refractivity contribution >= 4 is 23.6 Å². The number of amides is 2. The summed E-state index contributed by atoms with van der Waals surface area (Å²) in [6, 6.07) is 19.4. The molecule has 37 heavy (non-hydrogen) atoms. The van der Waals surface area contributed by atoms with Gasteiger partial charge in [-0.3, -0.25) is 14.3 Å². The first-order chi connectivity index (χ1) is 18.0. The van der Waals surface area contributed by atoms with Crippen LogP contribution in [0.3, 0.4) is 0 Å². The topological polar surface area (TPSA) is 111 Å². The number of hydrogen-bond donors (Lipinski definition) is 1. The highest BCUT2D eigenvalue weighted by molar-refractivity contribution is 6.18. The highest BCUT2D eigenvalue weighted by Crippen LogP contribution is 2.36. The summed E-state index contributed by atoms with van der Waals surface area (Å²) in [6.07, 6.45) is 5.87. The molecular formula is C27H28N8O2. The maximum Gasteiger partial charge on any atom is 0.270 e. The molecule has 1 fully saturated rings. The molecule has 2 aromatic carbocycles. The molecule has 5 rings (SSSR count). The van der Waals surface area contributed by atoms with E-state index in [9.17, 15) is 9.59 Å². The zero-order chi connectivity index (χ0) is 25.8. The quantitative estimate of drug-likeness (QED) is 0.376. The third-order valence-electron chi connectivity index (χ3n) is 6.59. The number of nitrogens with zero attached hydrogens (tertiary/aromatic N) is 7. The van der Waals surface area contributed by atoms with Crippen LogP contribution in [0.15, 0.2) is 73.1 Å². The molecule has 0 aliphatic carbocycles. The van der Waals surface area contributed by atoms with Crippen LogP contribution >= 0.6 is 0 Å². The van der Waals surface area contributed by atoms with E-state index >= 15 is 0 Å². The van der Waals surface area contributed by atoms with Gasteiger partial charge in [0.1, 0.15) is 5.70 Å². The van der Waals surface area contributed by atoms with Gasteiger partial charge in [-0.2, -0.15) is 9.78 Å². The van der Waals surface area contributed by atoms with Crippen molar-refractivity contribution in [1.82, 2.24) is 40.2 Å². The number of rotatable bonds is 8. The molecule has 0 bridgehead atoms. The molecule has 1 saturated heterocycles. The summed E-state index contributed by atoms with van der Waals surface area (Å²) in [6.45, 7) is 2.70. The van der Waals surface area contributed by atoms with Crippen LogP contribution in [0.2, 0.25) is 0 Å². The summed E-state index contributed by atoms with van der Waals surface area (Å²) in [5, 5.41) is 19.1. The van der Waals surface area contributed by atoms with Crippen LogP contribution in [0.1, 0.15) is 35.0 Å². The fraction of sp³-hybridized carbons (Fsp3) is 0.259. The average Bonchev–Trinajstić information content (AvgIpc) is 3.62. The number of carbonyl (C=O) groups excluding carboxylic acids is 2. The van der Waals surface area contributed by atoms with Crippen molar-refractivity contribution in [3.8, 4) is 0 Å². The van der Waals surface area contributed by atoms with E-state index in [1.165, 1.54) is 4.68 Å². The molecule has 188 valence electrons. The van der Waals surface area contributed by atoms with Crippen LogP contribution in [-0.4, -0.2) is 60.3 Å². The van der Waals surface area contributed by atoms with E-state index in [0.717, 1.165) is 16.7 Å². The molecule has 0 radical (unpaired) electrons. The Bertz CT molecular complexity index is 1410. The first-order valence-corrected chi connectivity index (χ1v) is 12.1. The molecule has 3 heterocycles. The van der Waals surface area contributed by atoms with Crippen molar-refractivity contribution < 1.29 is 9.59 Å². The van der Waals surface area contributed by atoms with Crippen molar-refractivity contribution in [1.29, 1.82) is 0 Å². The summed E-state index contributed by atoms with van der Waals surface area (Å²) < 4.78 is 3.29. The van der Waals surface area contributed by atoms with E-state index in [4.69, 9.17) is 0 Å². The van der Waals surface area contributed by atoms with Crippen LogP contribution in [0.4, 0.5) is 0 Å². The van der Waals surface area contributed by atoms with Crippen molar-refractivity contribution in [3.63, 3.8) is 0 Å². The predicted molar refractivity (Wildman–Crippen MR) is 138 cm³/mol. The van der Waals surface area contributed by atoms with Gasteiger partial charge in [0.05, 0.1) is 18.8 Å². The van der Waals surface area contributed by atoms with Crippen LogP contribution in [0.5, 0.6) is 0 Å². The Kier molecular flexibility index (Phi) is 6.89. The number of carbonyl (C=O) groups is 2. The van der Waals surface area contributed by atoms with Gasteiger partial charge in [0, 0.05) is 37.7 Å². The minimum absolute atomic E-state index is 0.0384. The summed E-state index contributed by atoms with van der Waals surface area (Å²) >= 11 is 0. The number of likely N-dealkylation sites (tertiary alicyclic amines) is 1. The lowest BCUT2D eigenvalue weighted by atomic mass is 9.95. The van der Waals surface area contributed by atoms with Crippen molar-refractivity contribution in [2.24, 2.45) is 5.92 Å². The van der Waals surface area contributed by atoms with Gasteiger partial charge in [-0.1, -0.05) is 60.7 Å². The zero-order valence-corrected chi connectivity index (χ0v) is 20.7. The van der Waals surface area contributed by atoms with E-state index in [-0.39, 0.29) is 23.8 Å². The predicted octanol–water partition coefficient (Wildman–Crippen LogP) is 2.56. The molecule has 1 aliphatic rings. The van der Waals surface area contributed by atoms with Gasteiger partial charge in [-0.05, 0) is 34.6 Å². The number of nitrogens with one attached hydrogen (secondary N) is 1. The molecule has 1 N–H and O–H groups in total. The summed E-state index contributed by atoms with van der Waals surface area (Å²) in [4.78, 5) is 27.8. The Balaban J connectivity index is 1.33. The van der Waals surface area contributed by atoms with E-state index < -0.39 is 0 Å². The fourth-order valence-electron chi connectivity index (χ4n) is 4.72. The van der Waals surface area contributed by atoms with E-state index in [0.29, 0.717) is 31.0 Å². The molecule has 2 atom stereocenters. The second kappa shape index (κ2) is 10.6. The average molecular weight is 497 g/mol. The van der Waals surface area contributed by atoms with Gasteiger partial charge < -0.3 is 10.2 Å². The van der Waals surface area contributed by atoms with E-state index in [1.807, 2.05) is 65.6 Å². The molecule has 2 amide bonds. The van der Waals surface area contributed by atoms with Gasteiger partial charge in [0.15, 0.2) is 5.82 Å². The molecule has 10 heteroatoms. The molecule has 10 nitrogen and oxygen atoms in total. The van der Waals surface area contributed by atoms with Crippen LogP contribution in [-0.2, 0) is 16.1 Å². The number of tetrazole rings is 1. The second-order valence-electron chi connectivity index (χ2n) is 9.16. The molecule has 0 spiro atoms. The third kappa shape index (κ3) is 5.32. The Morgan fingerprint density at radius 1 is 1.11 bits per heavy atom. The minimum Gasteiger partial charge on any atom is -0.350 e. The minimum atomic E-state index is -0.320. The summed E-state index contributed by atoms with van der Waals surface area (Å²) in [5.74, 6) is 0.108. The zero-order valence-electron chi connectivity index (χ0n) is 20.7. The fourth-order valence-corrected chi connectivity index (χ4v) is 4.72. The van der Waals surface area contributed by atoms with Crippen molar-refractivity contribution in [2.45, 2.75) is 25.9 Å². The summed E-state index contributed by atoms with van der Waals surface area (Å²) in [7, 11) is 1.80. The van der Waals surface area contributed by atoms with Crippen molar-refractivity contribution in [3.05, 3.63) is 95.6 Å². The Morgan fingerprint density at radius 2 is 1.84 bits per heavy atom. The second-order valence-corrected chi connectivity index (χ2v) is 9.16. The molecule has 1 aliphatic heterocycles. The first-order valence-electron chi connectivity index (χ1n) is 12.1. The molecule has 2 aromatic heterocycles. The molecule has 0 unspecified atom stereocenters. The maximum absolute atomic E-state index is 13.4. The Labute approximate surface area is 214 Å². The number of hydrogen-bond acceptors (Lipinski definition) is 6. The number of aromatic nitrogens is 6. The number of aryl methyl sites for hydroxylation is 1. The molecular weight excluding hydrogens is 468 g/mol. The first kappa shape index (κ1) is 24.1. The SMILES string of the molecule is Cc1nnnn1/C(=C\c1ccccc1)C(=O)NC[C@H]1CC(=O)N(C)[C@@H]1c1cnn(Cc2ccccc2)c1. The lowest BCUT2D eigenvalue weighted by Gasteiger charge is -2.24. The van der Waals surface area contributed by atoms with Crippen LogP contribution in [0, 0.1) is 12.8 Å². The van der Waals surface area contributed by atoms with E-state index in [2.05, 4.69) is 38.1 Å². The molecule has 4 aromatic rings. The van der Waals surface area contributed by atoms with Gasteiger partial charge in [0.2, 0.25) is 5.91 Å². The van der Waals surface area contributed by atoms with E-state index in [1.54, 1.807) is 24.9 Å². The lowest BCUT2D eigenvalue weighted by Crippen LogP contribution is -2.34. The van der Waals surface area contributed by atoms with Gasteiger partial charge >= 0.3 is 0 Å². The van der Waals surface area contributed by atoms with Crippen molar-refractivity contribution in [2.75, 3.05) is 13.6 Å². The molecule has 0 saturated carbocycles.